The van der Waals surface area contributed by atoms with E-state index in [4.69, 9.17) is 15.6 Å². The molecule has 0 spiro atoms. The molecule has 0 aliphatic carbocycles. The van der Waals surface area contributed by atoms with Gasteiger partial charge in [-0.2, -0.15) is 0 Å². The zero-order valence-electron chi connectivity index (χ0n) is 11.1. The van der Waals surface area contributed by atoms with Gasteiger partial charge in [0, 0.05) is 12.5 Å². The van der Waals surface area contributed by atoms with Crippen LogP contribution in [0.15, 0.2) is 24.3 Å². The summed E-state index contributed by atoms with van der Waals surface area (Å²) in [5.74, 6) is -0.973. The molecule has 3 N–H and O–H groups in total. The molecule has 1 aromatic rings. The fraction of sp³-hybridized carbons (Fsp3) is 0.500. The number of benzene rings is 1. The van der Waals surface area contributed by atoms with E-state index in [-0.39, 0.29) is 5.41 Å². The summed E-state index contributed by atoms with van der Waals surface area (Å²) in [6.45, 7) is 4.85. The van der Waals surface area contributed by atoms with E-state index in [0.29, 0.717) is 13.0 Å². The highest BCUT2D eigenvalue weighted by Crippen LogP contribution is 2.23. The molecule has 100 valence electrons. The predicted molar refractivity (Wildman–Crippen MR) is 70.7 cm³/mol. The van der Waals surface area contributed by atoms with E-state index in [9.17, 15) is 4.79 Å². The summed E-state index contributed by atoms with van der Waals surface area (Å²) in [4.78, 5) is 10.7. The Balaban J connectivity index is 2.77. The first-order chi connectivity index (χ1) is 8.36. The highest BCUT2D eigenvalue weighted by molar-refractivity contribution is 5.73. The lowest BCUT2D eigenvalue weighted by Gasteiger charge is -2.24. The monoisotopic (exact) mass is 251 g/mol. The number of hydrogen-bond acceptors (Lipinski definition) is 3. The molecule has 4 heteroatoms. The molecule has 1 unspecified atom stereocenters. The minimum Gasteiger partial charge on any atom is -0.480 e. The number of rotatable bonds is 6. The van der Waals surface area contributed by atoms with Crippen LogP contribution in [0.3, 0.4) is 0 Å². The lowest BCUT2D eigenvalue weighted by molar-refractivity contribution is -0.138. The second kappa shape index (κ2) is 5.98. The molecule has 1 rings (SSSR count). The van der Waals surface area contributed by atoms with Crippen molar-refractivity contribution in [3.63, 3.8) is 0 Å². The van der Waals surface area contributed by atoms with Crippen molar-refractivity contribution in [3.8, 4) is 0 Å². The predicted octanol–water partition coefficient (Wildman–Crippen LogP) is 1.56. The lowest BCUT2D eigenvalue weighted by Crippen LogP contribution is -2.32. The molecule has 0 saturated carbocycles. The Morgan fingerprint density at radius 2 is 1.94 bits per heavy atom. The molecule has 0 aromatic heterocycles. The van der Waals surface area contributed by atoms with Gasteiger partial charge in [0.2, 0.25) is 0 Å². The van der Waals surface area contributed by atoms with Gasteiger partial charge in [0.25, 0.3) is 0 Å². The second-order valence-corrected chi connectivity index (χ2v) is 5.16. The number of carboxylic acid groups (broad SMARTS) is 1. The number of carboxylic acids is 1. The van der Waals surface area contributed by atoms with Crippen LogP contribution in [-0.4, -0.2) is 30.8 Å². The van der Waals surface area contributed by atoms with Gasteiger partial charge in [-0.15, -0.1) is 0 Å². The Labute approximate surface area is 108 Å². The highest BCUT2D eigenvalue weighted by atomic mass is 16.5. The van der Waals surface area contributed by atoms with Gasteiger partial charge in [0.1, 0.15) is 6.04 Å². The minimum absolute atomic E-state index is 0.0534. The molecule has 0 aliphatic heterocycles. The molecule has 4 nitrogen and oxygen atoms in total. The van der Waals surface area contributed by atoms with Gasteiger partial charge in [0.05, 0.1) is 6.61 Å². The number of ether oxygens (including phenoxy) is 1. The Morgan fingerprint density at radius 3 is 2.39 bits per heavy atom. The standard InChI is InChI=1S/C14H21NO3/c1-14(2,9-18-3)11-6-4-10(5-7-11)8-12(15)13(16)17/h4-7,12H,8-9,15H2,1-3H3,(H,16,17). The quantitative estimate of drug-likeness (QED) is 0.805. The first kappa shape index (κ1) is 14.7. The smallest absolute Gasteiger partial charge is 0.320 e. The minimum atomic E-state index is -0.973. The van der Waals surface area contributed by atoms with Crippen LogP contribution < -0.4 is 5.73 Å². The van der Waals surface area contributed by atoms with Crippen molar-refractivity contribution in [2.75, 3.05) is 13.7 Å². The molecule has 0 heterocycles. The van der Waals surface area contributed by atoms with E-state index in [2.05, 4.69) is 13.8 Å². The third-order valence-corrected chi connectivity index (χ3v) is 3.01. The first-order valence-electron chi connectivity index (χ1n) is 5.93. The van der Waals surface area contributed by atoms with Crippen molar-refractivity contribution >= 4 is 5.97 Å². The summed E-state index contributed by atoms with van der Waals surface area (Å²) in [7, 11) is 1.68. The van der Waals surface area contributed by atoms with E-state index in [1.165, 1.54) is 0 Å². The van der Waals surface area contributed by atoms with E-state index in [0.717, 1.165) is 11.1 Å². The van der Waals surface area contributed by atoms with Crippen LogP contribution in [0.2, 0.25) is 0 Å². The van der Waals surface area contributed by atoms with Crippen LogP contribution in [0, 0.1) is 0 Å². The number of carbonyl (C=O) groups is 1. The molecule has 0 radical (unpaired) electrons. The van der Waals surface area contributed by atoms with Crippen molar-refractivity contribution in [2.24, 2.45) is 5.73 Å². The first-order valence-corrected chi connectivity index (χ1v) is 5.93. The highest BCUT2D eigenvalue weighted by Gasteiger charge is 2.20. The van der Waals surface area contributed by atoms with Gasteiger partial charge in [-0.25, -0.2) is 0 Å². The average Bonchev–Trinajstić information content (AvgIpc) is 2.29. The maximum Gasteiger partial charge on any atom is 0.320 e. The molecule has 0 amide bonds. The molecule has 1 aromatic carbocycles. The van der Waals surface area contributed by atoms with E-state index in [1.807, 2.05) is 24.3 Å². The Bertz CT molecular complexity index is 398. The number of nitrogens with two attached hydrogens (primary N) is 1. The topological polar surface area (TPSA) is 72.5 Å². The summed E-state index contributed by atoms with van der Waals surface area (Å²) in [5.41, 5.74) is 7.54. The Hall–Kier alpha value is -1.39. The van der Waals surface area contributed by atoms with Crippen molar-refractivity contribution < 1.29 is 14.6 Å². The van der Waals surface area contributed by atoms with Crippen molar-refractivity contribution in [3.05, 3.63) is 35.4 Å². The molecular weight excluding hydrogens is 230 g/mol. The summed E-state index contributed by atoms with van der Waals surface area (Å²) in [6, 6.07) is 7.01. The van der Waals surface area contributed by atoms with E-state index in [1.54, 1.807) is 7.11 Å². The van der Waals surface area contributed by atoms with Crippen LogP contribution in [-0.2, 0) is 21.4 Å². The maximum atomic E-state index is 10.7. The second-order valence-electron chi connectivity index (χ2n) is 5.16. The fourth-order valence-corrected chi connectivity index (χ4v) is 1.88. The summed E-state index contributed by atoms with van der Waals surface area (Å²) in [5, 5.41) is 8.76. The van der Waals surface area contributed by atoms with Crippen LogP contribution in [0.1, 0.15) is 25.0 Å². The van der Waals surface area contributed by atoms with Gasteiger partial charge < -0.3 is 15.6 Å². The largest absolute Gasteiger partial charge is 0.480 e. The number of methoxy groups -OCH3 is 1. The van der Waals surface area contributed by atoms with Crippen LogP contribution >= 0.6 is 0 Å². The maximum absolute atomic E-state index is 10.7. The lowest BCUT2D eigenvalue weighted by atomic mass is 9.85. The molecule has 0 saturated heterocycles. The normalized spacial score (nSPS) is 13.3. The summed E-state index contributed by atoms with van der Waals surface area (Å²) in [6.07, 6.45) is 0.348. The Kier molecular flexibility index (Phi) is 4.87. The number of hydrogen-bond donors (Lipinski definition) is 2. The van der Waals surface area contributed by atoms with E-state index >= 15 is 0 Å². The van der Waals surface area contributed by atoms with Gasteiger partial charge in [0.15, 0.2) is 0 Å². The molecule has 18 heavy (non-hydrogen) atoms. The van der Waals surface area contributed by atoms with Gasteiger partial charge >= 0.3 is 5.97 Å². The zero-order chi connectivity index (χ0) is 13.8. The van der Waals surface area contributed by atoms with Gasteiger partial charge in [-0.05, 0) is 17.5 Å². The molecule has 1 atom stereocenters. The molecule has 0 aliphatic rings. The third kappa shape index (κ3) is 3.82. The summed E-state index contributed by atoms with van der Waals surface area (Å²) < 4.78 is 5.19. The molecule has 0 bridgehead atoms. The SMILES string of the molecule is COCC(C)(C)c1ccc(CC(N)C(=O)O)cc1. The van der Waals surface area contributed by atoms with Crippen LogP contribution in [0.25, 0.3) is 0 Å². The number of aliphatic carboxylic acids is 1. The van der Waals surface area contributed by atoms with Gasteiger partial charge in [-0.1, -0.05) is 38.1 Å². The van der Waals surface area contributed by atoms with Crippen LogP contribution in [0.4, 0.5) is 0 Å². The molecule has 0 fully saturated rings. The van der Waals surface area contributed by atoms with E-state index < -0.39 is 12.0 Å². The van der Waals surface area contributed by atoms with Gasteiger partial charge in [-0.3, -0.25) is 4.79 Å². The molecular formula is C14H21NO3. The van der Waals surface area contributed by atoms with Crippen LogP contribution in [0.5, 0.6) is 0 Å². The van der Waals surface area contributed by atoms with Crippen molar-refractivity contribution in [1.82, 2.24) is 0 Å². The zero-order valence-corrected chi connectivity index (χ0v) is 11.1. The summed E-state index contributed by atoms with van der Waals surface area (Å²) >= 11 is 0. The average molecular weight is 251 g/mol. The Morgan fingerprint density at radius 1 is 1.39 bits per heavy atom. The fourth-order valence-electron chi connectivity index (χ4n) is 1.88. The van der Waals surface area contributed by atoms with Crippen molar-refractivity contribution in [1.29, 1.82) is 0 Å². The third-order valence-electron chi connectivity index (χ3n) is 3.01. The van der Waals surface area contributed by atoms with Crippen molar-refractivity contribution in [2.45, 2.75) is 31.7 Å².